The van der Waals surface area contributed by atoms with Gasteiger partial charge in [0, 0.05) is 47.1 Å². The van der Waals surface area contributed by atoms with E-state index in [0.717, 1.165) is 26.6 Å². The summed E-state index contributed by atoms with van der Waals surface area (Å²) < 4.78 is 40.8. The second-order valence-corrected chi connectivity index (χ2v) is 12.0. The summed E-state index contributed by atoms with van der Waals surface area (Å²) in [5.41, 5.74) is 2.95. The maximum atomic E-state index is 14.9. The Balaban J connectivity index is 1.38. The van der Waals surface area contributed by atoms with Crippen molar-refractivity contribution < 1.29 is 23.2 Å². The van der Waals surface area contributed by atoms with E-state index in [4.69, 9.17) is 9.47 Å². The van der Waals surface area contributed by atoms with Crippen LogP contribution in [0.15, 0.2) is 60.8 Å². The summed E-state index contributed by atoms with van der Waals surface area (Å²) in [5.74, 6) is 0.573. The number of anilines is 2. The SMILES string of the molecule is CN(C)Cc1c(-c2ccc([N+](=O)[O-])cc2)sc2c1CN(c1ccc(OCC3COC3)cn1)CN2Cc1c(F)cccc1F. The molecule has 43 heavy (non-hydrogen) atoms. The normalized spacial score (nSPS) is 15.0. The first-order valence-electron chi connectivity index (χ1n) is 13.9. The van der Waals surface area contributed by atoms with Crippen molar-refractivity contribution in [3.63, 3.8) is 0 Å². The number of benzene rings is 2. The Morgan fingerprint density at radius 3 is 2.44 bits per heavy atom. The van der Waals surface area contributed by atoms with Crippen LogP contribution in [-0.2, 0) is 24.4 Å². The quantitative estimate of drug-likeness (QED) is 0.159. The van der Waals surface area contributed by atoms with Crippen molar-refractivity contribution in [1.29, 1.82) is 0 Å². The highest BCUT2D eigenvalue weighted by Crippen LogP contribution is 2.46. The number of ether oxygens (including phenoxy) is 2. The lowest BCUT2D eigenvalue weighted by Gasteiger charge is -2.38. The molecule has 0 bridgehead atoms. The molecule has 4 aromatic rings. The number of nitro groups is 1. The molecule has 1 saturated heterocycles. The summed E-state index contributed by atoms with van der Waals surface area (Å²) >= 11 is 1.53. The van der Waals surface area contributed by atoms with Crippen LogP contribution in [0.25, 0.3) is 10.4 Å². The van der Waals surface area contributed by atoms with Crippen molar-refractivity contribution in [3.05, 3.63) is 99.2 Å². The Kier molecular flexibility index (Phi) is 8.24. The molecule has 1 fully saturated rings. The third kappa shape index (κ3) is 6.17. The molecule has 4 heterocycles. The Bertz CT molecular complexity index is 1590. The number of halogens is 2. The van der Waals surface area contributed by atoms with E-state index in [2.05, 4.69) is 14.8 Å². The van der Waals surface area contributed by atoms with Crippen molar-refractivity contribution in [1.82, 2.24) is 9.88 Å². The van der Waals surface area contributed by atoms with E-state index in [9.17, 15) is 18.9 Å². The van der Waals surface area contributed by atoms with Gasteiger partial charge in [0.2, 0.25) is 0 Å². The fraction of sp³-hybridized carbons (Fsp3) is 0.323. The van der Waals surface area contributed by atoms with Crippen LogP contribution in [0.2, 0.25) is 0 Å². The van der Waals surface area contributed by atoms with Gasteiger partial charge in [-0.15, -0.1) is 11.3 Å². The molecule has 9 nitrogen and oxygen atoms in total. The second-order valence-electron chi connectivity index (χ2n) is 11.0. The molecule has 0 amide bonds. The number of aromatic nitrogens is 1. The molecule has 12 heteroatoms. The van der Waals surface area contributed by atoms with E-state index < -0.39 is 16.6 Å². The van der Waals surface area contributed by atoms with Gasteiger partial charge in [-0.25, -0.2) is 13.8 Å². The zero-order valence-electron chi connectivity index (χ0n) is 23.8. The lowest BCUT2D eigenvalue weighted by Crippen LogP contribution is -2.42. The lowest BCUT2D eigenvalue weighted by molar-refractivity contribution is -0.384. The van der Waals surface area contributed by atoms with Gasteiger partial charge in [-0.3, -0.25) is 10.1 Å². The van der Waals surface area contributed by atoms with Crippen LogP contribution in [-0.4, -0.2) is 55.4 Å². The molecule has 2 aromatic carbocycles. The molecule has 2 aromatic heterocycles. The van der Waals surface area contributed by atoms with Crippen LogP contribution in [0.5, 0.6) is 5.75 Å². The predicted octanol–water partition coefficient (Wildman–Crippen LogP) is 6.07. The van der Waals surface area contributed by atoms with Crippen LogP contribution >= 0.6 is 11.3 Å². The van der Waals surface area contributed by atoms with Crippen LogP contribution in [0.4, 0.5) is 25.3 Å². The lowest BCUT2D eigenvalue weighted by atomic mass is 10.0. The first-order chi connectivity index (χ1) is 20.8. The molecule has 0 atom stereocenters. The number of hydrogen-bond acceptors (Lipinski definition) is 9. The molecular weight excluding hydrogens is 576 g/mol. The highest BCUT2D eigenvalue weighted by molar-refractivity contribution is 7.19. The molecule has 0 spiro atoms. The molecule has 0 aliphatic carbocycles. The van der Waals surface area contributed by atoms with Crippen molar-refractivity contribution in [2.24, 2.45) is 5.92 Å². The third-order valence-electron chi connectivity index (χ3n) is 7.54. The van der Waals surface area contributed by atoms with E-state index in [1.807, 2.05) is 31.1 Å². The van der Waals surface area contributed by atoms with Gasteiger partial charge in [0.15, 0.2) is 0 Å². The Morgan fingerprint density at radius 1 is 1.09 bits per heavy atom. The van der Waals surface area contributed by atoms with Crippen molar-refractivity contribution in [2.45, 2.75) is 19.6 Å². The summed E-state index contributed by atoms with van der Waals surface area (Å²) in [7, 11) is 3.96. The highest BCUT2D eigenvalue weighted by Gasteiger charge is 2.32. The highest BCUT2D eigenvalue weighted by atomic mass is 32.1. The summed E-state index contributed by atoms with van der Waals surface area (Å²) in [6.07, 6.45) is 1.70. The van der Waals surface area contributed by atoms with Crippen molar-refractivity contribution in [3.8, 4) is 16.2 Å². The number of nitro benzene ring substituents is 1. The minimum absolute atomic E-state index is 0.00794. The first kappa shape index (κ1) is 29.0. The van der Waals surface area contributed by atoms with Gasteiger partial charge in [0.05, 0.1) is 49.2 Å². The molecule has 0 saturated carbocycles. The smallest absolute Gasteiger partial charge is 0.269 e. The van der Waals surface area contributed by atoms with Crippen molar-refractivity contribution in [2.75, 3.05) is 50.4 Å². The van der Waals surface area contributed by atoms with Crippen LogP contribution < -0.4 is 14.5 Å². The fourth-order valence-electron chi connectivity index (χ4n) is 5.26. The number of thiophene rings is 1. The molecule has 2 aliphatic rings. The summed E-state index contributed by atoms with van der Waals surface area (Å²) in [6.45, 7) is 3.51. The monoisotopic (exact) mass is 607 g/mol. The van der Waals surface area contributed by atoms with Gasteiger partial charge < -0.3 is 24.2 Å². The topological polar surface area (TPSA) is 84.2 Å². The second kappa shape index (κ2) is 12.2. The molecule has 0 radical (unpaired) electrons. The average Bonchev–Trinajstić information content (AvgIpc) is 3.32. The minimum atomic E-state index is -0.601. The van der Waals surface area contributed by atoms with Gasteiger partial charge in [0.1, 0.15) is 23.2 Å². The number of nitrogens with zero attached hydrogens (tertiary/aromatic N) is 5. The number of non-ortho nitro benzene ring substituents is 1. The van der Waals surface area contributed by atoms with Gasteiger partial charge in [-0.2, -0.15) is 0 Å². The minimum Gasteiger partial charge on any atom is -0.492 e. The van der Waals surface area contributed by atoms with Crippen LogP contribution in [0.3, 0.4) is 0 Å². The average molecular weight is 608 g/mol. The summed E-state index contributed by atoms with van der Waals surface area (Å²) in [6, 6.07) is 14.2. The summed E-state index contributed by atoms with van der Waals surface area (Å²) in [5, 5.41) is 12.2. The van der Waals surface area contributed by atoms with Gasteiger partial charge in [-0.1, -0.05) is 6.07 Å². The standard InChI is InChI=1S/C31H31F2N5O4S/c1-35(2)13-24-25-14-36(29-11-10-23(12-34-29)42-18-20-16-41-17-20)19-37(15-26-27(32)4-3-5-28(26)33)31(25)43-30(24)21-6-8-22(9-7-21)38(39)40/h3-12,20H,13-19H2,1-2H3. The number of pyridine rings is 1. The zero-order chi connectivity index (χ0) is 30.1. The zero-order valence-corrected chi connectivity index (χ0v) is 24.7. The Morgan fingerprint density at radius 2 is 1.84 bits per heavy atom. The Labute approximate surface area is 252 Å². The van der Waals surface area contributed by atoms with E-state index >= 15 is 0 Å². The molecule has 224 valence electrons. The molecule has 6 rings (SSSR count). The molecular formula is C31H31F2N5O4S. The number of rotatable bonds is 10. The number of fused-ring (bicyclic) bond motifs is 1. The van der Waals surface area contributed by atoms with E-state index in [0.29, 0.717) is 57.1 Å². The third-order valence-corrected chi connectivity index (χ3v) is 8.92. The molecule has 0 unspecified atom stereocenters. The van der Waals surface area contributed by atoms with Gasteiger partial charge in [-0.05, 0) is 61.6 Å². The summed E-state index contributed by atoms with van der Waals surface area (Å²) in [4.78, 5) is 22.6. The molecule has 2 aliphatic heterocycles. The molecule has 0 N–H and O–H groups in total. The van der Waals surface area contributed by atoms with E-state index in [1.165, 1.54) is 41.7 Å². The van der Waals surface area contributed by atoms with Crippen LogP contribution in [0.1, 0.15) is 16.7 Å². The van der Waals surface area contributed by atoms with Gasteiger partial charge in [0.25, 0.3) is 5.69 Å². The maximum absolute atomic E-state index is 14.9. The Hall–Kier alpha value is -4.13. The van der Waals surface area contributed by atoms with E-state index in [1.54, 1.807) is 18.3 Å². The fourth-order valence-corrected chi connectivity index (χ4v) is 6.58. The van der Waals surface area contributed by atoms with Crippen LogP contribution in [0, 0.1) is 27.7 Å². The van der Waals surface area contributed by atoms with Gasteiger partial charge >= 0.3 is 0 Å². The largest absolute Gasteiger partial charge is 0.492 e. The number of hydrogen-bond donors (Lipinski definition) is 0. The maximum Gasteiger partial charge on any atom is 0.269 e. The van der Waals surface area contributed by atoms with E-state index in [-0.39, 0.29) is 17.8 Å². The predicted molar refractivity (Wildman–Crippen MR) is 161 cm³/mol. The van der Waals surface area contributed by atoms with Crippen molar-refractivity contribution >= 4 is 27.8 Å². The first-order valence-corrected chi connectivity index (χ1v) is 14.7.